The minimum atomic E-state index is 0.226. The quantitative estimate of drug-likeness (QED) is 0.773. The van der Waals surface area contributed by atoms with Crippen molar-refractivity contribution in [1.29, 1.82) is 0 Å². The van der Waals surface area contributed by atoms with Crippen LogP contribution in [0.25, 0.3) is 0 Å². The zero-order valence-electron chi connectivity index (χ0n) is 10.6. The molecule has 0 fully saturated rings. The fourth-order valence-electron chi connectivity index (χ4n) is 1.85. The highest BCUT2D eigenvalue weighted by molar-refractivity contribution is 9.09. The number of benzene rings is 1. The maximum absolute atomic E-state index is 5.61. The molecule has 0 bridgehead atoms. The van der Waals surface area contributed by atoms with E-state index in [1.165, 1.54) is 5.56 Å². The minimum absolute atomic E-state index is 0.226. The van der Waals surface area contributed by atoms with E-state index in [1.807, 2.05) is 6.07 Å². The lowest BCUT2D eigenvalue weighted by atomic mass is 9.83. The molecule has 0 saturated heterocycles. The third kappa shape index (κ3) is 2.59. The van der Waals surface area contributed by atoms with Gasteiger partial charge in [-0.1, -0.05) is 42.8 Å². The van der Waals surface area contributed by atoms with Crippen LogP contribution in [0.2, 0.25) is 0 Å². The monoisotopic (exact) mass is 298 g/mol. The Morgan fingerprint density at radius 3 is 2.53 bits per heavy atom. The van der Waals surface area contributed by atoms with E-state index in [1.54, 1.807) is 0 Å². The molecule has 1 aromatic rings. The molecule has 1 aliphatic heterocycles. The standard InChI is InChI=1S/C14H19BrO2/c1-4-14(2,3)13(15)10-5-6-11-12(9-10)17-8-7-16-11/h5-6,9,13H,4,7-8H2,1-3H3. The summed E-state index contributed by atoms with van der Waals surface area (Å²) in [7, 11) is 0. The first-order valence-electron chi connectivity index (χ1n) is 6.08. The SMILES string of the molecule is CCC(C)(C)C(Br)c1ccc2c(c1)OCCO2. The first kappa shape index (κ1) is 12.7. The Bertz CT molecular complexity index is 401. The Balaban J connectivity index is 2.28. The van der Waals surface area contributed by atoms with Crippen LogP contribution in [-0.2, 0) is 0 Å². The average molecular weight is 299 g/mol. The number of fused-ring (bicyclic) bond motifs is 1. The molecule has 0 N–H and O–H groups in total. The molecular formula is C14H19BrO2. The third-order valence-electron chi connectivity index (χ3n) is 3.46. The number of rotatable bonds is 3. The molecule has 3 heteroatoms. The lowest BCUT2D eigenvalue weighted by Gasteiger charge is -2.30. The largest absolute Gasteiger partial charge is 0.486 e. The highest BCUT2D eigenvalue weighted by Gasteiger charge is 2.27. The Kier molecular flexibility index (Phi) is 3.67. The highest BCUT2D eigenvalue weighted by atomic mass is 79.9. The molecule has 1 aromatic carbocycles. The molecule has 0 radical (unpaired) electrons. The number of ether oxygens (including phenoxy) is 2. The number of halogens is 1. The van der Waals surface area contributed by atoms with Crippen molar-refractivity contribution in [2.45, 2.75) is 32.0 Å². The molecule has 0 saturated carbocycles. The van der Waals surface area contributed by atoms with Gasteiger partial charge < -0.3 is 9.47 Å². The summed E-state index contributed by atoms with van der Waals surface area (Å²) in [6.45, 7) is 8.03. The molecular weight excluding hydrogens is 280 g/mol. The van der Waals surface area contributed by atoms with Crippen LogP contribution in [0.5, 0.6) is 11.5 Å². The van der Waals surface area contributed by atoms with Gasteiger partial charge in [-0.05, 0) is 29.5 Å². The van der Waals surface area contributed by atoms with Crippen LogP contribution in [-0.4, -0.2) is 13.2 Å². The number of hydrogen-bond acceptors (Lipinski definition) is 2. The molecule has 0 amide bonds. The second kappa shape index (κ2) is 4.89. The van der Waals surface area contributed by atoms with Crippen molar-refractivity contribution in [3.63, 3.8) is 0 Å². The van der Waals surface area contributed by atoms with Crippen LogP contribution in [0.1, 0.15) is 37.6 Å². The predicted molar refractivity (Wildman–Crippen MR) is 73.2 cm³/mol. The molecule has 0 aliphatic carbocycles. The zero-order valence-corrected chi connectivity index (χ0v) is 12.2. The molecule has 2 rings (SSSR count). The van der Waals surface area contributed by atoms with E-state index in [0.29, 0.717) is 18.0 Å². The smallest absolute Gasteiger partial charge is 0.161 e. The van der Waals surface area contributed by atoms with E-state index < -0.39 is 0 Å². The summed E-state index contributed by atoms with van der Waals surface area (Å²) < 4.78 is 11.1. The van der Waals surface area contributed by atoms with Crippen molar-refractivity contribution in [3.05, 3.63) is 23.8 Å². The molecule has 0 aromatic heterocycles. The van der Waals surface area contributed by atoms with Crippen molar-refractivity contribution >= 4 is 15.9 Å². The summed E-state index contributed by atoms with van der Waals surface area (Å²) in [6, 6.07) is 6.21. The van der Waals surface area contributed by atoms with Crippen LogP contribution >= 0.6 is 15.9 Å². The van der Waals surface area contributed by atoms with Gasteiger partial charge in [-0.15, -0.1) is 0 Å². The van der Waals surface area contributed by atoms with Crippen LogP contribution in [0.4, 0.5) is 0 Å². The minimum Gasteiger partial charge on any atom is -0.486 e. The van der Waals surface area contributed by atoms with E-state index in [-0.39, 0.29) is 5.41 Å². The van der Waals surface area contributed by atoms with E-state index in [0.717, 1.165) is 17.9 Å². The van der Waals surface area contributed by atoms with E-state index in [4.69, 9.17) is 9.47 Å². The summed E-state index contributed by atoms with van der Waals surface area (Å²) in [4.78, 5) is 0.329. The lowest BCUT2D eigenvalue weighted by Crippen LogP contribution is -2.18. The van der Waals surface area contributed by atoms with Gasteiger partial charge in [0.1, 0.15) is 13.2 Å². The van der Waals surface area contributed by atoms with Crippen molar-refractivity contribution in [3.8, 4) is 11.5 Å². The summed E-state index contributed by atoms with van der Waals surface area (Å²) in [5, 5.41) is 0. The molecule has 0 spiro atoms. The number of hydrogen-bond donors (Lipinski definition) is 0. The van der Waals surface area contributed by atoms with Gasteiger partial charge >= 0.3 is 0 Å². The fourth-order valence-corrected chi connectivity index (χ4v) is 2.46. The van der Waals surface area contributed by atoms with Gasteiger partial charge in [0, 0.05) is 4.83 Å². The number of alkyl halides is 1. The normalized spacial score (nSPS) is 16.7. The molecule has 1 unspecified atom stereocenters. The molecule has 94 valence electrons. The lowest BCUT2D eigenvalue weighted by molar-refractivity contribution is 0.171. The molecule has 1 aliphatic rings. The zero-order chi connectivity index (χ0) is 12.5. The van der Waals surface area contributed by atoms with Gasteiger partial charge in [-0.25, -0.2) is 0 Å². The van der Waals surface area contributed by atoms with Gasteiger partial charge in [-0.2, -0.15) is 0 Å². The van der Waals surface area contributed by atoms with Crippen molar-refractivity contribution < 1.29 is 9.47 Å². The van der Waals surface area contributed by atoms with E-state index in [9.17, 15) is 0 Å². The average Bonchev–Trinajstić information content (AvgIpc) is 2.37. The highest BCUT2D eigenvalue weighted by Crippen LogP contribution is 2.45. The molecule has 1 atom stereocenters. The Morgan fingerprint density at radius 2 is 1.88 bits per heavy atom. The topological polar surface area (TPSA) is 18.5 Å². The van der Waals surface area contributed by atoms with Crippen molar-refractivity contribution in [2.24, 2.45) is 5.41 Å². The molecule has 1 heterocycles. The van der Waals surface area contributed by atoms with Gasteiger partial charge in [0.15, 0.2) is 11.5 Å². The van der Waals surface area contributed by atoms with Crippen LogP contribution < -0.4 is 9.47 Å². The van der Waals surface area contributed by atoms with Gasteiger partial charge in [0.05, 0.1) is 0 Å². The Labute approximate surface area is 111 Å². The molecule has 2 nitrogen and oxygen atoms in total. The fraction of sp³-hybridized carbons (Fsp3) is 0.571. The van der Waals surface area contributed by atoms with Gasteiger partial charge in [0.25, 0.3) is 0 Å². The van der Waals surface area contributed by atoms with Crippen molar-refractivity contribution in [2.75, 3.05) is 13.2 Å². The van der Waals surface area contributed by atoms with E-state index in [2.05, 4.69) is 48.8 Å². The summed E-state index contributed by atoms with van der Waals surface area (Å²) in [5.41, 5.74) is 1.48. The second-order valence-electron chi connectivity index (χ2n) is 5.11. The van der Waals surface area contributed by atoms with Crippen LogP contribution in [0.3, 0.4) is 0 Å². The Hall–Kier alpha value is -0.700. The summed E-state index contributed by atoms with van der Waals surface area (Å²) in [6.07, 6.45) is 1.12. The summed E-state index contributed by atoms with van der Waals surface area (Å²) >= 11 is 3.80. The van der Waals surface area contributed by atoms with Crippen LogP contribution in [0.15, 0.2) is 18.2 Å². The van der Waals surface area contributed by atoms with E-state index >= 15 is 0 Å². The van der Waals surface area contributed by atoms with Gasteiger partial charge in [-0.3, -0.25) is 0 Å². The maximum Gasteiger partial charge on any atom is 0.161 e. The maximum atomic E-state index is 5.61. The third-order valence-corrected chi connectivity index (χ3v) is 5.22. The first-order valence-corrected chi connectivity index (χ1v) is 7.00. The molecule has 17 heavy (non-hydrogen) atoms. The summed E-state index contributed by atoms with van der Waals surface area (Å²) in [5.74, 6) is 1.72. The Morgan fingerprint density at radius 1 is 1.24 bits per heavy atom. The first-order chi connectivity index (χ1) is 8.04. The van der Waals surface area contributed by atoms with Crippen molar-refractivity contribution in [1.82, 2.24) is 0 Å². The van der Waals surface area contributed by atoms with Crippen LogP contribution in [0, 0.1) is 5.41 Å². The predicted octanol–water partition coefficient (Wildman–Crippen LogP) is 4.33. The second-order valence-corrected chi connectivity index (χ2v) is 6.02. The van der Waals surface area contributed by atoms with Gasteiger partial charge in [0.2, 0.25) is 0 Å².